The molecular formula is C19H30ClNO2. The molecule has 0 fully saturated rings. The summed E-state index contributed by atoms with van der Waals surface area (Å²) in [6.45, 7) is 6.97. The number of benzene rings is 1. The Balaban J connectivity index is 0.00000264. The summed E-state index contributed by atoms with van der Waals surface area (Å²) in [6.07, 6.45) is 5.66. The van der Waals surface area contributed by atoms with Crippen LogP contribution < -0.4 is 0 Å². The SMILES string of the molecule is CCCN(CCC)C1CCc2cccc(C(=O)COC)c2C1.Cl. The highest BCUT2D eigenvalue weighted by molar-refractivity contribution is 5.98. The maximum Gasteiger partial charge on any atom is 0.188 e. The minimum Gasteiger partial charge on any atom is -0.377 e. The first-order chi connectivity index (χ1) is 10.7. The van der Waals surface area contributed by atoms with Crippen molar-refractivity contribution in [1.29, 1.82) is 0 Å². The molecule has 4 heteroatoms. The average molecular weight is 340 g/mol. The van der Waals surface area contributed by atoms with Crippen molar-refractivity contribution in [2.75, 3.05) is 26.8 Å². The van der Waals surface area contributed by atoms with Gasteiger partial charge in [-0.3, -0.25) is 4.79 Å². The summed E-state index contributed by atoms with van der Waals surface area (Å²) < 4.78 is 5.04. The minimum absolute atomic E-state index is 0. The lowest BCUT2D eigenvalue weighted by Crippen LogP contribution is -2.40. The number of hydrogen-bond donors (Lipinski definition) is 0. The maximum absolute atomic E-state index is 12.3. The van der Waals surface area contributed by atoms with E-state index in [1.54, 1.807) is 7.11 Å². The molecule has 0 bridgehead atoms. The highest BCUT2D eigenvalue weighted by atomic mass is 35.5. The monoisotopic (exact) mass is 339 g/mol. The van der Waals surface area contributed by atoms with Gasteiger partial charge in [-0.2, -0.15) is 0 Å². The zero-order valence-electron chi connectivity index (χ0n) is 14.6. The molecule has 0 aliphatic heterocycles. The highest BCUT2D eigenvalue weighted by Gasteiger charge is 2.26. The molecule has 3 nitrogen and oxygen atoms in total. The summed E-state index contributed by atoms with van der Waals surface area (Å²) in [7, 11) is 1.58. The van der Waals surface area contributed by atoms with Gasteiger partial charge in [-0.15, -0.1) is 12.4 Å². The van der Waals surface area contributed by atoms with Crippen LogP contribution in [0.25, 0.3) is 0 Å². The minimum atomic E-state index is 0. The van der Waals surface area contributed by atoms with Gasteiger partial charge in [-0.1, -0.05) is 32.0 Å². The van der Waals surface area contributed by atoms with Crippen molar-refractivity contribution >= 4 is 18.2 Å². The molecule has 1 aromatic rings. The zero-order valence-corrected chi connectivity index (χ0v) is 15.5. The second kappa shape index (κ2) is 10.1. The van der Waals surface area contributed by atoms with Gasteiger partial charge >= 0.3 is 0 Å². The molecule has 0 amide bonds. The van der Waals surface area contributed by atoms with Crippen molar-refractivity contribution in [3.8, 4) is 0 Å². The maximum atomic E-state index is 12.3. The molecule has 0 saturated carbocycles. The van der Waals surface area contributed by atoms with Gasteiger partial charge in [0.2, 0.25) is 0 Å². The number of rotatable bonds is 8. The Morgan fingerprint density at radius 2 is 1.96 bits per heavy atom. The van der Waals surface area contributed by atoms with Crippen LogP contribution in [0.1, 0.15) is 54.6 Å². The van der Waals surface area contributed by atoms with Crippen LogP contribution in [0, 0.1) is 0 Å². The number of halogens is 1. The van der Waals surface area contributed by atoms with Crippen molar-refractivity contribution in [2.45, 2.75) is 52.0 Å². The predicted molar refractivity (Wildman–Crippen MR) is 97.9 cm³/mol. The third-order valence-electron chi connectivity index (χ3n) is 4.57. The van der Waals surface area contributed by atoms with E-state index in [1.165, 1.54) is 30.4 Å². The first-order valence-electron chi connectivity index (χ1n) is 8.58. The van der Waals surface area contributed by atoms with Gasteiger partial charge in [-0.25, -0.2) is 0 Å². The molecule has 1 aliphatic carbocycles. The number of methoxy groups -OCH3 is 1. The molecule has 1 unspecified atom stereocenters. The van der Waals surface area contributed by atoms with Gasteiger partial charge in [0.25, 0.3) is 0 Å². The van der Waals surface area contributed by atoms with Gasteiger partial charge < -0.3 is 9.64 Å². The van der Waals surface area contributed by atoms with Gasteiger partial charge in [0.1, 0.15) is 6.61 Å². The van der Waals surface area contributed by atoms with E-state index in [4.69, 9.17) is 4.74 Å². The summed E-state index contributed by atoms with van der Waals surface area (Å²) in [6, 6.07) is 6.73. The summed E-state index contributed by atoms with van der Waals surface area (Å²) in [5.74, 6) is 0.109. The lowest BCUT2D eigenvalue weighted by molar-refractivity contribution is 0.0845. The fourth-order valence-electron chi connectivity index (χ4n) is 3.60. The number of carbonyl (C=O) groups is 1. The largest absolute Gasteiger partial charge is 0.377 e. The Hall–Kier alpha value is -0.900. The fourth-order valence-corrected chi connectivity index (χ4v) is 3.60. The molecule has 0 heterocycles. The van der Waals surface area contributed by atoms with Crippen molar-refractivity contribution in [1.82, 2.24) is 4.90 Å². The number of ether oxygens (including phenoxy) is 1. The van der Waals surface area contributed by atoms with Crippen molar-refractivity contribution in [3.63, 3.8) is 0 Å². The topological polar surface area (TPSA) is 29.5 Å². The Morgan fingerprint density at radius 1 is 1.26 bits per heavy atom. The zero-order chi connectivity index (χ0) is 15.9. The van der Waals surface area contributed by atoms with E-state index in [-0.39, 0.29) is 24.8 Å². The van der Waals surface area contributed by atoms with Gasteiger partial charge in [-0.05, 0) is 56.3 Å². The quantitative estimate of drug-likeness (QED) is 0.672. The summed E-state index contributed by atoms with van der Waals surface area (Å²) in [4.78, 5) is 14.9. The molecule has 0 spiro atoms. The fraction of sp³-hybridized carbons (Fsp3) is 0.632. The normalized spacial score (nSPS) is 16.8. The van der Waals surface area contributed by atoms with Crippen LogP contribution in [-0.2, 0) is 17.6 Å². The third kappa shape index (κ3) is 5.03. The number of nitrogens with zero attached hydrogens (tertiary/aromatic N) is 1. The first-order valence-corrected chi connectivity index (χ1v) is 8.58. The lowest BCUT2D eigenvalue weighted by atomic mass is 9.83. The van der Waals surface area contributed by atoms with Crippen LogP contribution in [0.5, 0.6) is 0 Å². The van der Waals surface area contributed by atoms with Crippen LogP contribution in [0.3, 0.4) is 0 Å². The smallest absolute Gasteiger partial charge is 0.188 e. The Kier molecular flexibility index (Phi) is 8.82. The third-order valence-corrected chi connectivity index (χ3v) is 4.57. The number of ketones is 1. The molecule has 1 aliphatic rings. The highest BCUT2D eigenvalue weighted by Crippen LogP contribution is 2.28. The molecule has 1 aromatic carbocycles. The summed E-state index contributed by atoms with van der Waals surface area (Å²) >= 11 is 0. The average Bonchev–Trinajstić information content (AvgIpc) is 2.54. The molecule has 0 saturated heterocycles. The lowest BCUT2D eigenvalue weighted by Gasteiger charge is -2.35. The molecule has 2 rings (SSSR count). The van der Waals surface area contributed by atoms with E-state index >= 15 is 0 Å². The number of carbonyl (C=O) groups excluding carboxylic acids is 1. The van der Waals surface area contributed by atoms with E-state index in [0.717, 1.165) is 31.5 Å². The van der Waals surface area contributed by atoms with Crippen molar-refractivity contribution < 1.29 is 9.53 Å². The Labute approximate surface area is 146 Å². The van der Waals surface area contributed by atoms with Crippen LogP contribution in [0.2, 0.25) is 0 Å². The van der Waals surface area contributed by atoms with Gasteiger partial charge in [0.15, 0.2) is 5.78 Å². The second-order valence-electron chi connectivity index (χ2n) is 6.23. The van der Waals surface area contributed by atoms with Crippen LogP contribution in [0.15, 0.2) is 18.2 Å². The molecular weight excluding hydrogens is 310 g/mol. The molecule has 23 heavy (non-hydrogen) atoms. The number of hydrogen-bond acceptors (Lipinski definition) is 3. The second-order valence-corrected chi connectivity index (χ2v) is 6.23. The number of fused-ring (bicyclic) bond motifs is 1. The van der Waals surface area contributed by atoms with Crippen molar-refractivity contribution in [2.24, 2.45) is 0 Å². The van der Waals surface area contributed by atoms with E-state index in [9.17, 15) is 4.79 Å². The molecule has 1 atom stereocenters. The van der Waals surface area contributed by atoms with Gasteiger partial charge in [0.05, 0.1) is 0 Å². The van der Waals surface area contributed by atoms with Crippen LogP contribution in [-0.4, -0.2) is 43.5 Å². The molecule has 0 aromatic heterocycles. The van der Waals surface area contributed by atoms with Crippen LogP contribution in [0.4, 0.5) is 0 Å². The van der Waals surface area contributed by atoms with Crippen molar-refractivity contribution in [3.05, 3.63) is 34.9 Å². The van der Waals surface area contributed by atoms with Crippen LogP contribution >= 0.6 is 12.4 Å². The summed E-state index contributed by atoms with van der Waals surface area (Å²) in [5.41, 5.74) is 3.49. The van der Waals surface area contributed by atoms with E-state index < -0.39 is 0 Å². The Bertz CT molecular complexity index is 498. The van der Waals surface area contributed by atoms with Gasteiger partial charge in [0, 0.05) is 18.7 Å². The molecule has 0 N–H and O–H groups in total. The first kappa shape index (κ1) is 20.1. The van der Waals surface area contributed by atoms with E-state index in [1.807, 2.05) is 12.1 Å². The summed E-state index contributed by atoms with van der Waals surface area (Å²) in [5, 5.41) is 0. The number of aryl methyl sites for hydroxylation is 1. The molecule has 130 valence electrons. The van der Waals surface area contributed by atoms with E-state index in [2.05, 4.69) is 24.8 Å². The Morgan fingerprint density at radius 3 is 2.57 bits per heavy atom. The van der Waals surface area contributed by atoms with E-state index in [0.29, 0.717) is 6.04 Å². The predicted octanol–water partition coefficient (Wildman–Crippen LogP) is 3.92. The molecule has 0 radical (unpaired) electrons. The standard InChI is InChI=1S/C19H29NO2.ClH/c1-4-11-20(12-5-2)16-10-9-15-7-6-8-17(18(15)13-16)19(21)14-22-3;/h6-8,16H,4-5,9-14H2,1-3H3;1H. The number of Topliss-reactive ketones (excluding diaryl/α,β-unsaturated/α-hetero) is 1.